The normalized spacial score (nSPS) is 14.1. The van der Waals surface area contributed by atoms with Crippen LogP contribution in [0, 0.1) is 0 Å². The van der Waals surface area contributed by atoms with Gasteiger partial charge in [-0.1, -0.05) is 48.5 Å². The molecule has 0 amide bonds. The Morgan fingerprint density at radius 3 is 2.30 bits per heavy atom. The predicted octanol–water partition coefficient (Wildman–Crippen LogP) is 4.44. The van der Waals surface area contributed by atoms with Crippen molar-refractivity contribution < 1.29 is 27.9 Å². The number of hydrogen-bond acceptors (Lipinski definition) is 6. The molecule has 2 atom stereocenters. The van der Waals surface area contributed by atoms with Crippen LogP contribution in [0.1, 0.15) is 19.4 Å². The SMILES string of the molecule is CCOC(=O)C(C)OP(=O)(CCOCc1ccccc1)Oc1ccccc1. The van der Waals surface area contributed by atoms with Crippen LogP contribution in [0.4, 0.5) is 0 Å². The van der Waals surface area contributed by atoms with Gasteiger partial charge in [0, 0.05) is 0 Å². The van der Waals surface area contributed by atoms with Gasteiger partial charge in [-0.25, -0.2) is 9.36 Å². The fourth-order valence-electron chi connectivity index (χ4n) is 2.25. The van der Waals surface area contributed by atoms with E-state index in [1.165, 1.54) is 6.92 Å². The lowest BCUT2D eigenvalue weighted by Gasteiger charge is -2.22. The minimum Gasteiger partial charge on any atom is -0.464 e. The third-order valence-electron chi connectivity index (χ3n) is 3.55. The summed E-state index contributed by atoms with van der Waals surface area (Å²) >= 11 is 0. The van der Waals surface area contributed by atoms with Crippen molar-refractivity contribution in [2.24, 2.45) is 0 Å². The Morgan fingerprint density at radius 1 is 1.04 bits per heavy atom. The molecule has 0 bridgehead atoms. The molecule has 2 aromatic carbocycles. The zero-order chi connectivity index (χ0) is 19.5. The van der Waals surface area contributed by atoms with Gasteiger partial charge in [0.2, 0.25) is 0 Å². The average Bonchev–Trinajstić information content (AvgIpc) is 2.67. The highest BCUT2D eigenvalue weighted by molar-refractivity contribution is 7.54. The van der Waals surface area contributed by atoms with Crippen molar-refractivity contribution in [3.63, 3.8) is 0 Å². The van der Waals surface area contributed by atoms with E-state index in [-0.39, 0.29) is 19.4 Å². The molecule has 2 rings (SSSR count). The molecule has 0 fully saturated rings. The molecule has 146 valence electrons. The molecule has 7 heteroatoms. The first kappa shape index (κ1) is 21.2. The molecule has 2 aromatic rings. The van der Waals surface area contributed by atoms with Crippen LogP contribution in [-0.4, -0.2) is 31.4 Å². The molecule has 0 aliphatic rings. The highest BCUT2D eigenvalue weighted by Gasteiger charge is 2.32. The van der Waals surface area contributed by atoms with Gasteiger partial charge >= 0.3 is 13.6 Å². The summed E-state index contributed by atoms with van der Waals surface area (Å²) in [6.07, 6.45) is -0.994. The highest BCUT2D eigenvalue weighted by Crippen LogP contribution is 2.49. The molecule has 0 aliphatic heterocycles. The molecule has 27 heavy (non-hydrogen) atoms. The first-order valence-electron chi connectivity index (χ1n) is 8.83. The standard InChI is InChI=1S/C20H25O6P/c1-3-24-20(21)17(2)25-27(22,26-19-12-8-5-9-13-19)15-14-23-16-18-10-6-4-7-11-18/h4-13,17H,3,14-16H2,1-2H3. The zero-order valence-electron chi connectivity index (χ0n) is 15.6. The molecule has 0 heterocycles. The fraction of sp³-hybridized carbons (Fsp3) is 0.350. The van der Waals surface area contributed by atoms with E-state index in [1.54, 1.807) is 31.2 Å². The molecule has 0 radical (unpaired) electrons. The van der Waals surface area contributed by atoms with Crippen molar-refractivity contribution in [3.05, 3.63) is 66.2 Å². The molecule has 0 aliphatic carbocycles. The van der Waals surface area contributed by atoms with Crippen LogP contribution in [0.5, 0.6) is 5.75 Å². The molecule has 6 nitrogen and oxygen atoms in total. The van der Waals surface area contributed by atoms with E-state index in [4.69, 9.17) is 18.5 Å². The number of hydrogen-bond donors (Lipinski definition) is 0. The number of benzene rings is 2. The molecule has 2 unspecified atom stereocenters. The number of rotatable bonds is 11. The maximum atomic E-state index is 13.2. The number of para-hydroxylation sites is 1. The Bertz CT molecular complexity index is 735. The predicted molar refractivity (Wildman–Crippen MR) is 103 cm³/mol. The van der Waals surface area contributed by atoms with E-state index >= 15 is 0 Å². The first-order chi connectivity index (χ1) is 13.0. The van der Waals surface area contributed by atoms with E-state index in [9.17, 15) is 9.36 Å². The van der Waals surface area contributed by atoms with Gasteiger partial charge in [-0.3, -0.25) is 4.52 Å². The van der Waals surface area contributed by atoms with E-state index in [2.05, 4.69) is 0 Å². The Kier molecular flexibility index (Phi) is 8.52. The second-order valence-electron chi connectivity index (χ2n) is 5.78. The summed E-state index contributed by atoms with van der Waals surface area (Å²) in [5, 5.41) is 0. The fourth-order valence-corrected chi connectivity index (χ4v) is 3.85. The van der Waals surface area contributed by atoms with Gasteiger partial charge in [-0.2, -0.15) is 0 Å². The third-order valence-corrected chi connectivity index (χ3v) is 5.40. The second kappa shape index (κ2) is 10.9. The summed E-state index contributed by atoms with van der Waals surface area (Å²) in [7, 11) is -3.62. The summed E-state index contributed by atoms with van der Waals surface area (Å²) < 4.78 is 34.8. The van der Waals surface area contributed by atoms with E-state index < -0.39 is 19.7 Å². The molecular formula is C20H25O6P. The quantitative estimate of drug-likeness (QED) is 0.320. The number of carbonyl (C=O) groups excluding carboxylic acids is 1. The van der Waals surface area contributed by atoms with E-state index in [1.807, 2.05) is 36.4 Å². The zero-order valence-corrected chi connectivity index (χ0v) is 16.5. The molecule has 0 aromatic heterocycles. The van der Waals surface area contributed by atoms with Gasteiger partial charge in [0.05, 0.1) is 26.0 Å². The topological polar surface area (TPSA) is 71.1 Å². The lowest BCUT2D eigenvalue weighted by atomic mass is 10.2. The van der Waals surface area contributed by atoms with Crippen LogP contribution in [0.3, 0.4) is 0 Å². The molecular weight excluding hydrogens is 367 g/mol. The smallest absolute Gasteiger partial charge is 0.382 e. The summed E-state index contributed by atoms with van der Waals surface area (Å²) in [5.41, 5.74) is 1.01. The minimum atomic E-state index is -3.62. The monoisotopic (exact) mass is 392 g/mol. The third kappa shape index (κ3) is 7.55. The average molecular weight is 392 g/mol. The van der Waals surface area contributed by atoms with Crippen molar-refractivity contribution in [1.82, 2.24) is 0 Å². The van der Waals surface area contributed by atoms with E-state index in [0.717, 1.165) is 5.56 Å². The van der Waals surface area contributed by atoms with Crippen LogP contribution in [0.15, 0.2) is 60.7 Å². The van der Waals surface area contributed by atoms with Crippen LogP contribution >= 0.6 is 7.60 Å². The summed E-state index contributed by atoms with van der Waals surface area (Å²) in [5.74, 6) is -0.181. The van der Waals surface area contributed by atoms with Crippen LogP contribution in [-0.2, 0) is 30.0 Å². The summed E-state index contributed by atoms with van der Waals surface area (Å²) in [4.78, 5) is 11.8. The van der Waals surface area contributed by atoms with Crippen LogP contribution in [0.25, 0.3) is 0 Å². The van der Waals surface area contributed by atoms with Gasteiger partial charge in [0.1, 0.15) is 5.75 Å². The van der Waals surface area contributed by atoms with Gasteiger partial charge in [0.15, 0.2) is 6.10 Å². The van der Waals surface area contributed by atoms with Crippen molar-refractivity contribution in [3.8, 4) is 5.75 Å². The Morgan fingerprint density at radius 2 is 1.67 bits per heavy atom. The number of ether oxygens (including phenoxy) is 2. The van der Waals surface area contributed by atoms with Crippen LogP contribution < -0.4 is 4.52 Å². The summed E-state index contributed by atoms with van der Waals surface area (Å²) in [6.45, 7) is 3.96. The van der Waals surface area contributed by atoms with Crippen molar-refractivity contribution >= 4 is 13.6 Å². The van der Waals surface area contributed by atoms with Gasteiger partial charge in [-0.05, 0) is 31.5 Å². The maximum absolute atomic E-state index is 13.2. The molecule has 0 saturated heterocycles. The molecule has 0 N–H and O–H groups in total. The van der Waals surface area contributed by atoms with Gasteiger partial charge < -0.3 is 14.0 Å². The largest absolute Gasteiger partial charge is 0.464 e. The highest BCUT2D eigenvalue weighted by atomic mass is 31.2. The molecule has 0 saturated carbocycles. The Hall–Kier alpha value is -2.14. The minimum absolute atomic E-state index is 0.0124. The number of esters is 1. The van der Waals surface area contributed by atoms with Gasteiger partial charge in [-0.15, -0.1) is 0 Å². The van der Waals surface area contributed by atoms with Crippen molar-refractivity contribution in [1.29, 1.82) is 0 Å². The van der Waals surface area contributed by atoms with Crippen molar-refractivity contribution in [2.75, 3.05) is 19.4 Å². The van der Waals surface area contributed by atoms with Crippen LogP contribution in [0.2, 0.25) is 0 Å². The van der Waals surface area contributed by atoms with Crippen molar-refractivity contribution in [2.45, 2.75) is 26.6 Å². The Labute approximate surface area is 159 Å². The Balaban J connectivity index is 1.97. The lowest BCUT2D eigenvalue weighted by Crippen LogP contribution is -2.24. The number of carbonyl (C=O) groups is 1. The molecule has 0 spiro atoms. The summed E-state index contributed by atoms with van der Waals surface area (Å²) in [6, 6.07) is 18.4. The first-order valence-corrected chi connectivity index (χ1v) is 10.6. The maximum Gasteiger partial charge on any atom is 0.382 e. The second-order valence-corrected chi connectivity index (χ2v) is 7.84. The lowest BCUT2D eigenvalue weighted by molar-refractivity contribution is -0.150. The van der Waals surface area contributed by atoms with E-state index in [0.29, 0.717) is 12.4 Å². The van der Waals surface area contributed by atoms with Gasteiger partial charge in [0.25, 0.3) is 0 Å².